The van der Waals surface area contributed by atoms with Gasteiger partial charge in [0, 0.05) is 16.9 Å². The largest absolute Gasteiger partial charge is 0.496 e. The zero-order chi connectivity index (χ0) is 13.8. The number of anilines is 1. The second-order valence-electron chi connectivity index (χ2n) is 3.66. The Kier molecular flexibility index (Phi) is 4.39. The predicted molar refractivity (Wildman–Crippen MR) is 77.9 cm³/mol. The number of pyridine rings is 1. The number of rotatable bonds is 3. The molecule has 0 spiro atoms. The SMILES string of the molecule is COc1ccc(NC(=O)c2cc(Cl)ccn2)cc1Br. The first-order valence-electron chi connectivity index (χ1n) is 5.36. The van der Waals surface area contributed by atoms with Crippen LogP contribution in [0.3, 0.4) is 0 Å². The minimum atomic E-state index is -0.320. The minimum Gasteiger partial charge on any atom is -0.496 e. The van der Waals surface area contributed by atoms with Gasteiger partial charge in [0.15, 0.2) is 0 Å². The molecule has 6 heteroatoms. The highest BCUT2D eigenvalue weighted by atomic mass is 79.9. The van der Waals surface area contributed by atoms with Gasteiger partial charge in [0.1, 0.15) is 11.4 Å². The van der Waals surface area contributed by atoms with Gasteiger partial charge in [-0.25, -0.2) is 0 Å². The zero-order valence-electron chi connectivity index (χ0n) is 9.98. The van der Waals surface area contributed by atoms with E-state index in [1.165, 1.54) is 12.3 Å². The Morgan fingerprint density at radius 1 is 1.37 bits per heavy atom. The topological polar surface area (TPSA) is 51.2 Å². The maximum absolute atomic E-state index is 12.0. The third-order valence-electron chi connectivity index (χ3n) is 2.36. The van der Waals surface area contributed by atoms with Crippen LogP contribution in [0.5, 0.6) is 5.75 Å². The summed E-state index contributed by atoms with van der Waals surface area (Å²) in [7, 11) is 1.58. The van der Waals surface area contributed by atoms with Gasteiger partial charge in [-0.1, -0.05) is 11.6 Å². The number of carbonyl (C=O) groups excluding carboxylic acids is 1. The van der Waals surface area contributed by atoms with Crippen LogP contribution >= 0.6 is 27.5 Å². The van der Waals surface area contributed by atoms with Gasteiger partial charge in [0.05, 0.1) is 11.6 Å². The van der Waals surface area contributed by atoms with Crippen molar-refractivity contribution in [3.8, 4) is 5.75 Å². The Balaban J connectivity index is 2.17. The van der Waals surface area contributed by atoms with Gasteiger partial charge >= 0.3 is 0 Å². The molecule has 0 radical (unpaired) electrons. The van der Waals surface area contributed by atoms with Crippen LogP contribution in [0.15, 0.2) is 41.0 Å². The number of nitrogens with one attached hydrogen (secondary N) is 1. The van der Waals surface area contributed by atoms with Crippen LogP contribution in [0.25, 0.3) is 0 Å². The molecule has 0 aliphatic rings. The van der Waals surface area contributed by atoms with Crippen molar-refractivity contribution in [2.45, 2.75) is 0 Å². The molecule has 98 valence electrons. The fraction of sp³-hybridized carbons (Fsp3) is 0.0769. The molecule has 1 amide bonds. The van der Waals surface area contributed by atoms with E-state index in [4.69, 9.17) is 16.3 Å². The summed E-state index contributed by atoms with van der Waals surface area (Å²) in [6.45, 7) is 0. The standard InChI is InChI=1S/C13H10BrClN2O2/c1-19-12-3-2-9(7-10(12)14)17-13(18)11-6-8(15)4-5-16-11/h2-7H,1H3,(H,17,18). The highest BCUT2D eigenvalue weighted by Crippen LogP contribution is 2.27. The lowest BCUT2D eigenvalue weighted by Gasteiger charge is -2.08. The first-order chi connectivity index (χ1) is 9.10. The number of benzene rings is 1. The van der Waals surface area contributed by atoms with Crippen molar-refractivity contribution >= 4 is 39.1 Å². The van der Waals surface area contributed by atoms with Crippen molar-refractivity contribution in [3.63, 3.8) is 0 Å². The molecule has 0 fully saturated rings. The van der Waals surface area contributed by atoms with Crippen molar-refractivity contribution in [1.29, 1.82) is 0 Å². The molecule has 0 bridgehead atoms. The number of hydrogen-bond acceptors (Lipinski definition) is 3. The minimum absolute atomic E-state index is 0.263. The Labute approximate surface area is 123 Å². The molecule has 19 heavy (non-hydrogen) atoms. The maximum Gasteiger partial charge on any atom is 0.274 e. The molecule has 1 aromatic carbocycles. The van der Waals surface area contributed by atoms with Crippen LogP contribution in [0, 0.1) is 0 Å². The van der Waals surface area contributed by atoms with Gasteiger partial charge in [-0.3, -0.25) is 9.78 Å². The van der Waals surface area contributed by atoms with Crippen molar-refractivity contribution in [3.05, 3.63) is 51.7 Å². The summed E-state index contributed by atoms with van der Waals surface area (Å²) in [5.41, 5.74) is 0.902. The van der Waals surface area contributed by atoms with E-state index < -0.39 is 0 Å². The van der Waals surface area contributed by atoms with Crippen LogP contribution in [0.2, 0.25) is 5.02 Å². The molecule has 0 aliphatic carbocycles. The molecule has 0 saturated carbocycles. The van der Waals surface area contributed by atoms with Crippen LogP contribution in [-0.2, 0) is 0 Å². The highest BCUT2D eigenvalue weighted by molar-refractivity contribution is 9.10. The van der Waals surface area contributed by atoms with Gasteiger partial charge in [0.2, 0.25) is 0 Å². The summed E-state index contributed by atoms with van der Waals surface area (Å²) in [5, 5.41) is 3.20. The number of ether oxygens (including phenoxy) is 1. The Morgan fingerprint density at radius 3 is 2.79 bits per heavy atom. The molecule has 1 N–H and O–H groups in total. The molecular formula is C13H10BrClN2O2. The molecule has 4 nitrogen and oxygen atoms in total. The van der Waals surface area contributed by atoms with E-state index in [1.54, 1.807) is 31.4 Å². The molecule has 0 saturated heterocycles. The van der Waals surface area contributed by atoms with Gasteiger partial charge < -0.3 is 10.1 Å². The maximum atomic E-state index is 12.0. The van der Waals surface area contributed by atoms with Gasteiger partial charge in [-0.05, 0) is 46.3 Å². The van der Waals surface area contributed by atoms with Crippen LogP contribution in [0.1, 0.15) is 10.5 Å². The Bertz CT molecular complexity index is 619. The normalized spacial score (nSPS) is 10.1. The molecule has 1 aromatic heterocycles. The lowest BCUT2D eigenvalue weighted by Crippen LogP contribution is -2.13. The summed E-state index contributed by atoms with van der Waals surface area (Å²) >= 11 is 9.16. The van der Waals surface area contributed by atoms with Crippen LogP contribution in [-0.4, -0.2) is 18.0 Å². The second-order valence-corrected chi connectivity index (χ2v) is 4.95. The average Bonchev–Trinajstić information content (AvgIpc) is 2.39. The first kappa shape index (κ1) is 13.8. The Morgan fingerprint density at radius 2 is 2.16 bits per heavy atom. The van der Waals surface area contributed by atoms with Gasteiger partial charge in [-0.15, -0.1) is 0 Å². The third-order valence-corrected chi connectivity index (χ3v) is 3.22. The average molecular weight is 342 g/mol. The number of nitrogens with zero attached hydrogens (tertiary/aromatic N) is 1. The molecule has 0 aliphatic heterocycles. The molecule has 2 rings (SSSR count). The summed E-state index contributed by atoms with van der Waals surface area (Å²) in [6, 6.07) is 8.37. The lowest BCUT2D eigenvalue weighted by molar-refractivity contribution is 0.102. The van der Waals surface area contributed by atoms with E-state index >= 15 is 0 Å². The van der Waals surface area contributed by atoms with Gasteiger partial charge in [-0.2, -0.15) is 0 Å². The van der Waals surface area contributed by atoms with E-state index in [0.29, 0.717) is 16.5 Å². The number of amides is 1. The number of hydrogen-bond donors (Lipinski definition) is 1. The monoisotopic (exact) mass is 340 g/mol. The van der Waals surface area contributed by atoms with Gasteiger partial charge in [0.25, 0.3) is 5.91 Å². The van der Waals surface area contributed by atoms with Crippen molar-refractivity contribution in [2.75, 3.05) is 12.4 Å². The quantitative estimate of drug-likeness (QED) is 0.925. The number of halogens is 2. The molecule has 0 unspecified atom stereocenters. The van der Waals surface area contributed by atoms with E-state index in [2.05, 4.69) is 26.2 Å². The summed E-state index contributed by atoms with van der Waals surface area (Å²) < 4.78 is 5.87. The number of carbonyl (C=O) groups is 1. The van der Waals surface area contributed by atoms with Crippen molar-refractivity contribution in [2.24, 2.45) is 0 Å². The predicted octanol–water partition coefficient (Wildman–Crippen LogP) is 3.76. The van der Waals surface area contributed by atoms with E-state index in [9.17, 15) is 4.79 Å². The molecule has 1 heterocycles. The summed E-state index contributed by atoms with van der Waals surface area (Å²) in [4.78, 5) is 15.9. The van der Waals surface area contributed by atoms with E-state index in [1.807, 2.05) is 0 Å². The van der Waals surface area contributed by atoms with Crippen molar-refractivity contribution < 1.29 is 9.53 Å². The molecular weight excluding hydrogens is 332 g/mol. The Hall–Kier alpha value is -1.59. The van der Waals surface area contributed by atoms with Crippen LogP contribution in [0.4, 0.5) is 5.69 Å². The third kappa shape index (κ3) is 3.45. The van der Waals surface area contributed by atoms with E-state index in [-0.39, 0.29) is 11.6 Å². The lowest BCUT2D eigenvalue weighted by atomic mass is 10.3. The smallest absolute Gasteiger partial charge is 0.274 e. The molecule has 2 aromatic rings. The number of aromatic nitrogens is 1. The number of methoxy groups -OCH3 is 1. The summed E-state index contributed by atoms with van der Waals surface area (Å²) in [6.07, 6.45) is 1.49. The highest BCUT2D eigenvalue weighted by Gasteiger charge is 2.09. The first-order valence-corrected chi connectivity index (χ1v) is 6.53. The molecule has 0 atom stereocenters. The van der Waals surface area contributed by atoms with Crippen molar-refractivity contribution in [1.82, 2.24) is 4.98 Å². The summed E-state index contributed by atoms with van der Waals surface area (Å²) in [5.74, 6) is 0.374. The van der Waals surface area contributed by atoms with Crippen LogP contribution < -0.4 is 10.1 Å². The fourth-order valence-electron chi connectivity index (χ4n) is 1.47. The zero-order valence-corrected chi connectivity index (χ0v) is 12.3. The fourth-order valence-corrected chi connectivity index (χ4v) is 2.17. The van der Waals surface area contributed by atoms with E-state index in [0.717, 1.165) is 4.47 Å². The second kappa shape index (κ2) is 6.04.